The third kappa shape index (κ3) is 1.50. The van der Waals surface area contributed by atoms with Crippen molar-refractivity contribution in [1.82, 2.24) is 4.98 Å². The largest absolute Gasteiger partial charge is 0.255 e. The summed E-state index contributed by atoms with van der Waals surface area (Å²) in [6.45, 7) is 1.96. The zero-order valence-electron chi connectivity index (χ0n) is 7.01. The van der Waals surface area contributed by atoms with Crippen LogP contribution >= 0.6 is 23.2 Å². The molecule has 1 heterocycles. The maximum absolute atomic E-state index is 5.93. The highest BCUT2D eigenvalue weighted by Gasteiger charge is 2.02. The van der Waals surface area contributed by atoms with E-state index >= 15 is 0 Å². The fourth-order valence-corrected chi connectivity index (χ4v) is 1.60. The minimum atomic E-state index is 0.676. The standard InChI is InChI=1S/C10H7Cl2N/c1-6-8-4-7(11)2-3-10(8)13-5-9(6)12/h2-5H,1H3. The summed E-state index contributed by atoms with van der Waals surface area (Å²) in [5, 5.41) is 2.40. The van der Waals surface area contributed by atoms with Crippen LogP contribution in [-0.2, 0) is 0 Å². The minimum absolute atomic E-state index is 0.676. The molecule has 1 aromatic carbocycles. The van der Waals surface area contributed by atoms with Gasteiger partial charge < -0.3 is 0 Å². The van der Waals surface area contributed by atoms with Crippen molar-refractivity contribution < 1.29 is 0 Å². The fraction of sp³-hybridized carbons (Fsp3) is 0.100. The van der Waals surface area contributed by atoms with Gasteiger partial charge in [0.1, 0.15) is 0 Å². The van der Waals surface area contributed by atoms with E-state index in [0.717, 1.165) is 16.5 Å². The van der Waals surface area contributed by atoms with E-state index < -0.39 is 0 Å². The number of fused-ring (bicyclic) bond motifs is 1. The average molecular weight is 212 g/mol. The normalized spacial score (nSPS) is 10.7. The van der Waals surface area contributed by atoms with Crippen LogP contribution in [0, 0.1) is 6.92 Å². The number of hydrogen-bond acceptors (Lipinski definition) is 1. The van der Waals surface area contributed by atoms with Gasteiger partial charge >= 0.3 is 0 Å². The molecule has 2 rings (SSSR count). The second kappa shape index (κ2) is 3.17. The molecule has 3 heteroatoms. The fourth-order valence-electron chi connectivity index (χ4n) is 1.27. The van der Waals surface area contributed by atoms with Crippen LogP contribution in [0.3, 0.4) is 0 Å². The van der Waals surface area contributed by atoms with Crippen LogP contribution in [0.25, 0.3) is 10.9 Å². The molecule has 66 valence electrons. The van der Waals surface area contributed by atoms with Crippen molar-refractivity contribution in [2.75, 3.05) is 0 Å². The Bertz CT molecular complexity index is 460. The van der Waals surface area contributed by atoms with E-state index in [1.807, 2.05) is 25.1 Å². The van der Waals surface area contributed by atoms with Crippen molar-refractivity contribution in [2.24, 2.45) is 0 Å². The van der Waals surface area contributed by atoms with Gasteiger partial charge in [-0.1, -0.05) is 23.2 Å². The molecular formula is C10H7Cl2N. The van der Waals surface area contributed by atoms with Crippen molar-refractivity contribution in [1.29, 1.82) is 0 Å². The molecule has 0 spiro atoms. The molecule has 0 unspecified atom stereocenters. The summed E-state index contributed by atoms with van der Waals surface area (Å²) in [5.74, 6) is 0. The number of aryl methyl sites for hydroxylation is 1. The van der Waals surface area contributed by atoms with Crippen molar-refractivity contribution in [3.8, 4) is 0 Å². The van der Waals surface area contributed by atoms with E-state index in [9.17, 15) is 0 Å². The van der Waals surface area contributed by atoms with Gasteiger partial charge in [-0.15, -0.1) is 0 Å². The number of benzene rings is 1. The molecule has 0 aliphatic carbocycles. The Labute approximate surface area is 86.3 Å². The quantitative estimate of drug-likeness (QED) is 0.646. The van der Waals surface area contributed by atoms with E-state index in [-0.39, 0.29) is 0 Å². The first kappa shape index (κ1) is 8.79. The van der Waals surface area contributed by atoms with Crippen molar-refractivity contribution in [3.63, 3.8) is 0 Å². The van der Waals surface area contributed by atoms with Crippen molar-refractivity contribution >= 4 is 34.1 Å². The molecular weight excluding hydrogens is 205 g/mol. The second-order valence-corrected chi connectivity index (χ2v) is 3.74. The average Bonchev–Trinajstić information content (AvgIpc) is 2.12. The lowest BCUT2D eigenvalue weighted by atomic mass is 10.1. The summed E-state index contributed by atoms with van der Waals surface area (Å²) in [4.78, 5) is 4.19. The lowest BCUT2D eigenvalue weighted by Gasteiger charge is -2.03. The molecule has 1 nitrogen and oxygen atoms in total. The Hall–Kier alpha value is -0.790. The maximum atomic E-state index is 5.93. The highest BCUT2D eigenvalue weighted by molar-refractivity contribution is 6.33. The molecule has 0 aliphatic heterocycles. The Morgan fingerprint density at radius 1 is 1.23 bits per heavy atom. The topological polar surface area (TPSA) is 12.9 Å². The molecule has 0 amide bonds. The second-order valence-electron chi connectivity index (χ2n) is 2.89. The molecule has 13 heavy (non-hydrogen) atoms. The number of pyridine rings is 1. The maximum Gasteiger partial charge on any atom is 0.0706 e. The predicted molar refractivity (Wildman–Crippen MR) is 56.5 cm³/mol. The lowest BCUT2D eigenvalue weighted by molar-refractivity contribution is 1.37. The van der Waals surface area contributed by atoms with Gasteiger partial charge in [0.05, 0.1) is 10.5 Å². The van der Waals surface area contributed by atoms with Crippen LogP contribution in [0.1, 0.15) is 5.56 Å². The van der Waals surface area contributed by atoms with E-state index in [4.69, 9.17) is 23.2 Å². The SMILES string of the molecule is Cc1c(Cl)cnc2ccc(Cl)cc12. The minimum Gasteiger partial charge on any atom is -0.255 e. The molecule has 2 aromatic rings. The number of rotatable bonds is 0. The van der Waals surface area contributed by atoms with Gasteiger partial charge in [-0.25, -0.2) is 0 Å². The predicted octanol–water partition coefficient (Wildman–Crippen LogP) is 3.85. The zero-order chi connectivity index (χ0) is 9.42. The highest BCUT2D eigenvalue weighted by Crippen LogP contribution is 2.25. The molecule has 0 fully saturated rings. The molecule has 0 atom stereocenters. The zero-order valence-corrected chi connectivity index (χ0v) is 8.52. The van der Waals surface area contributed by atoms with E-state index in [1.54, 1.807) is 6.20 Å². The summed E-state index contributed by atoms with van der Waals surface area (Å²) in [5.41, 5.74) is 1.94. The number of hydrogen-bond donors (Lipinski definition) is 0. The van der Waals surface area contributed by atoms with Gasteiger partial charge in [0.25, 0.3) is 0 Å². The molecule has 0 aliphatic rings. The molecule has 0 saturated carbocycles. The van der Waals surface area contributed by atoms with Crippen LogP contribution in [0.2, 0.25) is 10.0 Å². The monoisotopic (exact) mass is 211 g/mol. The third-order valence-electron chi connectivity index (χ3n) is 2.04. The van der Waals surface area contributed by atoms with Crippen molar-refractivity contribution in [2.45, 2.75) is 6.92 Å². The highest BCUT2D eigenvalue weighted by atomic mass is 35.5. The van der Waals surface area contributed by atoms with Crippen LogP contribution in [0.4, 0.5) is 0 Å². The third-order valence-corrected chi connectivity index (χ3v) is 2.65. The van der Waals surface area contributed by atoms with Crippen LogP contribution < -0.4 is 0 Å². The Balaban J connectivity index is 2.89. The Morgan fingerprint density at radius 2 is 2.00 bits per heavy atom. The van der Waals surface area contributed by atoms with Gasteiger partial charge in [-0.2, -0.15) is 0 Å². The summed E-state index contributed by atoms with van der Waals surface area (Å²) in [6, 6.07) is 5.59. The van der Waals surface area contributed by atoms with Gasteiger partial charge in [0.15, 0.2) is 0 Å². The number of nitrogens with zero attached hydrogens (tertiary/aromatic N) is 1. The summed E-state index contributed by atoms with van der Waals surface area (Å²) >= 11 is 11.8. The smallest absolute Gasteiger partial charge is 0.0706 e. The number of aromatic nitrogens is 1. The van der Waals surface area contributed by atoms with Gasteiger partial charge in [0.2, 0.25) is 0 Å². The molecule has 1 aromatic heterocycles. The van der Waals surface area contributed by atoms with Crippen LogP contribution in [0.15, 0.2) is 24.4 Å². The lowest BCUT2D eigenvalue weighted by Crippen LogP contribution is -1.83. The summed E-state index contributed by atoms with van der Waals surface area (Å²) in [6.07, 6.45) is 1.66. The molecule has 0 bridgehead atoms. The van der Waals surface area contributed by atoms with Gasteiger partial charge in [-0.05, 0) is 30.7 Å². The van der Waals surface area contributed by atoms with Crippen LogP contribution in [0.5, 0.6) is 0 Å². The summed E-state index contributed by atoms with van der Waals surface area (Å²) < 4.78 is 0. The Morgan fingerprint density at radius 3 is 2.77 bits per heavy atom. The van der Waals surface area contributed by atoms with E-state index in [0.29, 0.717) is 10.0 Å². The van der Waals surface area contributed by atoms with Crippen LogP contribution in [-0.4, -0.2) is 4.98 Å². The first-order valence-electron chi connectivity index (χ1n) is 3.89. The molecule has 0 saturated heterocycles. The van der Waals surface area contributed by atoms with E-state index in [1.165, 1.54) is 0 Å². The number of halogens is 2. The summed E-state index contributed by atoms with van der Waals surface area (Å²) in [7, 11) is 0. The molecule has 0 radical (unpaired) electrons. The molecule has 0 N–H and O–H groups in total. The van der Waals surface area contributed by atoms with E-state index in [2.05, 4.69) is 4.98 Å². The van der Waals surface area contributed by atoms with Gasteiger partial charge in [0, 0.05) is 16.6 Å². The van der Waals surface area contributed by atoms with Crippen molar-refractivity contribution in [3.05, 3.63) is 40.0 Å². The first-order chi connectivity index (χ1) is 6.18. The van der Waals surface area contributed by atoms with Gasteiger partial charge in [-0.3, -0.25) is 4.98 Å². The Kier molecular flexibility index (Phi) is 2.14. The first-order valence-corrected chi connectivity index (χ1v) is 4.64.